The number of carbonyl (C=O) groups excluding carboxylic acids is 1. The summed E-state index contributed by atoms with van der Waals surface area (Å²) in [5, 5.41) is 12.9. The molecular formula is C17H18N2O2S. The molecule has 2 aromatic heterocycles. The molecule has 1 amide bonds. The van der Waals surface area contributed by atoms with Crippen molar-refractivity contribution in [3.63, 3.8) is 0 Å². The van der Waals surface area contributed by atoms with Gasteiger partial charge in [0.05, 0.1) is 11.8 Å². The van der Waals surface area contributed by atoms with Gasteiger partial charge in [0.1, 0.15) is 11.1 Å². The fourth-order valence-corrected chi connectivity index (χ4v) is 4.40. The van der Waals surface area contributed by atoms with Crippen LogP contribution in [0.4, 0.5) is 5.00 Å². The third-order valence-electron chi connectivity index (χ3n) is 4.15. The maximum absolute atomic E-state index is 12.1. The number of hydrogen-bond acceptors (Lipinski definition) is 4. The lowest BCUT2D eigenvalue weighted by molar-refractivity contribution is 0.0997. The number of rotatable bonds is 4. The largest absolute Gasteiger partial charge is 0.459 e. The lowest BCUT2D eigenvalue weighted by Gasteiger charge is -2.21. The van der Waals surface area contributed by atoms with Gasteiger partial charge in [-0.15, -0.1) is 11.3 Å². The molecule has 0 aromatic carbocycles. The third-order valence-corrected chi connectivity index (χ3v) is 5.32. The Hall–Kier alpha value is -2.06. The van der Waals surface area contributed by atoms with Gasteiger partial charge in [-0.05, 0) is 42.9 Å². The molecule has 0 spiro atoms. The fraction of sp³-hybridized carbons (Fsp3) is 0.412. The molecule has 3 rings (SSSR count). The van der Waals surface area contributed by atoms with Crippen LogP contribution in [-0.4, -0.2) is 5.91 Å². The molecule has 1 unspecified atom stereocenters. The number of fused-ring (bicyclic) bond motifs is 1. The lowest BCUT2D eigenvalue weighted by atomic mass is 9.85. The Bertz CT molecular complexity index is 710. The van der Waals surface area contributed by atoms with Crippen molar-refractivity contribution in [3.8, 4) is 6.07 Å². The second kappa shape index (κ2) is 6.37. The van der Waals surface area contributed by atoms with Crippen LogP contribution in [0.1, 0.15) is 52.7 Å². The van der Waals surface area contributed by atoms with E-state index >= 15 is 0 Å². The number of furan rings is 1. The van der Waals surface area contributed by atoms with Gasteiger partial charge in [0.25, 0.3) is 5.91 Å². The Morgan fingerprint density at radius 1 is 1.59 bits per heavy atom. The van der Waals surface area contributed by atoms with E-state index in [0.717, 1.165) is 24.8 Å². The highest BCUT2D eigenvalue weighted by atomic mass is 32.1. The summed E-state index contributed by atoms with van der Waals surface area (Å²) in [4.78, 5) is 13.4. The minimum absolute atomic E-state index is 0.263. The first kappa shape index (κ1) is 14.9. The molecule has 4 nitrogen and oxygen atoms in total. The number of nitrogens with zero attached hydrogens (tertiary/aromatic N) is 1. The highest BCUT2D eigenvalue weighted by molar-refractivity contribution is 7.16. The molecule has 2 heterocycles. The Morgan fingerprint density at radius 2 is 2.45 bits per heavy atom. The summed E-state index contributed by atoms with van der Waals surface area (Å²) in [6.07, 6.45) is 6.99. The predicted molar refractivity (Wildman–Crippen MR) is 86.1 cm³/mol. The quantitative estimate of drug-likeness (QED) is 0.911. The molecule has 1 atom stereocenters. The molecule has 1 aliphatic rings. The second-order valence-corrected chi connectivity index (χ2v) is 6.75. The van der Waals surface area contributed by atoms with Gasteiger partial charge in [0.15, 0.2) is 5.76 Å². The molecule has 1 aliphatic carbocycles. The molecule has 22 heavy (non-hydrogen) atoms. The van der Waals surface area contributed by atoms with Crippen LogP contribution in [0.15, 0.2) is 22.8 Å². The molecular weight excluding hydrogens is 296 g/mol. The molecule has 0 fully saturated rings. The van der Waals surface area contributed by atoms with E-state index in [1.54, 1.807) is 23.5 Å². The zero-order valence-electron chi connectivity index (χ0n) is 12.5. The molecule has 0 saturated heterocycles. The zero-order chi connectivity index (χ0) is 15.5. The smallest absolute Gasteiger partial charge is 0.291 e. The van der Waals surface area contributed by atoms with Gasteiger partial charge in [0.2, 0.25) is 0 Å². The Balaban J connectivity index is 1.84. The minimum Gasteiger partial charge on any atom is -0.459 e. The first-order valence-electron chi connectivity index (χ1n) is 7.62. The summed E-state index contributed by atoms with van der Waals surface area (Å²) < 4.78 is 5.10. The second-order valence-electron chi connectivity index (χ2n) is 5.65. The number of anilines is 1. The predicted octanol–water partition coefficient (Wildman–Crippen LogP) is 4.37. The Morgan fingerprint density at radius 3 is 3.14 bits per heavy atom. The summed E-state index contributed by atoms with van der Waals surface area (Å²) >= 11 is 1.55. The van der Waals surface area contributed by atoms with Crippen LogP contribution in [0.2, 0.25) is 0 Å². The lowest BCUT2D eigenvalue weighted by Crippen LogP contribution is -2.13. The topological polar surface area (TPSA) is 66.0 Å². The SMILES string of the molecule is CCCC1CCc2c(sc(NC(=O)c3ccco3)c2C#N)C1. The molecule has 0 bridgehead atoms. The zero-order valence-corrected chi connectivity index (χ0v) is 13.3. The monoisotopic (exact) mass is 314 g/mol. The van der Waals surface area contributed by atoms with Gasteiger partial charge in [0, 0.05) is 4.88 Å². The molecule has 1 N–H and O–H groups in total. The van der Waals surface area contributed by atoms with Gasteiger partial charge >= 0.3 is 0 Å². The van der Waals surface area contributed by atoms with Crippen molar-refractivity contribution in [2.45, 2.75) is 39.0 Å². The molecule has 0 saturated carbocycles. The number of amides is 1. The fourth-order valence-electron chi connectivity index (χ4n) is 3.09. The van der Waals surface area contributed by atoms with Crippen LogP contribution in [0, 0.1) is 17.2 Å². The van der Waals surface area contributed by atoms with Crippen molar-refractivity contribution in [3.05, 3.63) is 40.2 Å². The highest BCUT2D eigenvalue weighted by Crippen LogP contribution is 2.40. The average Bonchev–Trinajstić information content (AvgIpc) is 3.14. The molecule has 5 heteroatoms. The van der Waals surface area contributed by atoms with E-state index in [4.69, 9.17) is 4.42 Å². The van der Waals surface area contributed by atoms with Crippen LogP contribution in [0.25, 0.3) is 0 Å². The molecule has 114 valence electrons. The first-order valence-corrected chi connectivity index (χ1v) is 8.44. The van der Waals surface area contributed by atoms with Gasteiger partial charge in [-0.3, -0.25) is 4.79 Å². The van der Waals surface area contributed by atoms with E-state index in [0.29, 0.717) is 16.5 Å². The van der Waals surface area contributed by atoms with E-state index in [1.807, 2.05) is 0 Å². The van der Waals surface area contributed by atoms with Gasteiger partial charge in [-0.25, -0.2) is 0 Å². The Labute approximate surface area is 133 Å². The first-order chi connectivity index (χ1) is 10.7. The normalized spacial score (nSPS) is 16.8. The summed E-state index contributed by atoms with van der Waals surface area (Å²) in [7, 11) is 0. The molecule has 0 aliphatic heterocycles. The minimum atomic E-state index is -0.301. The highest BCUT2D eigenvalue weighted by Gasteiger charge is 2.26. The van der Waals surface area contributed by atoms with Crippen molar-refractivity contribution < 1.29 is 9.21 Å². The summed E-state index contributed by atoms with van der Waals surface area (Å²) in [6.45, 7) is 2.21. The van der Waals surface area contributed by atoms with Gasteiger partial charge in [-0.1, -0.05) is 19.8 Å². The van der Waals surface area contributed by atoms with Crippen LogP contribution in [-0.2, 0) is 12.8 Å². The van der Waals surface area contributed by atoms with Crippen LogP contribution < -0.4 is 5.32 Å². The number of nitriles is 1. The number of carbonyl (C=O) groups is 1. The van der Waals surface area contributed by atoms with E-state index in [9.17, 15) is 10.1 Å². The van der Waals surface area contributed by atoms with Crippen LogP contribution in [0.5, 0.6) is 0 Å². The van der Waals surface area contributed by atoms with Crippen LogP contribution >= 0.6 is 11.3 Å². The molecule has 0 radical (unpaired) electrons. The van der Waals surface area contributed by atoms with E-state index in [1.165, 1.54) is 24.0 Å². The van der Waals surface area contributed by atoms with Crippen molar-refractivity contribution in [2.75, 3.05) is 5.32 Å². The maximum atomic E-state index is 12.1. The van der Waals surface area contributed by atoms with Crippen molar-refractivity contribution >= 4 is 22.2 Å². The maximum Gasteiger partial charge on any atom is 0.291 e. The molecule has 2 aromatic rings. The summed E-state index contributed by atoms with van der Waals surface area (Å²) in [5.41, 5.74) is 1.77. The number of thiophene rings is 1. The van der Waals surface area contributed by atoms with E-state index in [-0.39, 0.29) is 11.7 Å². The van der Waals surface area contributed by atoms with Gasteiger partial charge in [-0.2, -0.15) is 5.26 Å². The average molecular weight is 314 g/mol. The van der Waals surface area contributed by atoms with E-state index < -0.39 is 0 Å². The van der Waals surface area contributed by atoms with Crippen molar-refractivity contribution in [2.24, 2.45) is 5.92 Å². The van der Waals surface area contributed by atoms with Crippen molar-refractivity contribution in [1.29, 1.82) is 5.26 Å². The summed E-state index contributed by atoms with van der Waals surface area (Å²) in [6, 6.07) is 5.56. The van der Waals surface area contributed by atoms with Crippen LogP contribution in [0.3, 0.4) is 0 Å². The van der Waals surface area contributed by atoms with Gasteiger partial charge < -0.3 is 9.73 Å². The Kier molecular flexibility index (Phi) is 4.30. The standard InChI is InChI=1S/C17H18N2O2S/c1-2-4-11-6-7-12-13(10-18)17(22-15(12)9-11)19-16(20)14-5-3-8-21-14/h3,5,8,11H,2,4,6-7,9H2,1H3,(H,19,20). The number of nitrogens with one attached hydrogen (secondary N) is 1. The van der Waals surface area contributed by atoms with E-state index in [2.05, 4.69) is 18.3 Å². The summed E-state index contributed by atoms with van der Waals surface area (Å²) in [5.74, 6) is 0.667. The number of hydrogen-bond donors (Lipinski definition) is 1. The van der Waals surface area contributed by atoms with Crippen molar-refractivity contribution in [1.82, 2.24) is 0 Å². The third kappa shape index (κ3) is 2.79.